The van der Waals surface area contributed by atoms with E-state index in [0.717, 1.165) is 0 Å². The van der Waals surface area contributed by atoms with Crippen molar-refractivity contribution in [2.45, 2.75) is 18.8 Å². The van der Waals surface area contributed by atoms with Crippen LogP contribution in [0, 0.1) is 5.92 Å². The molecule has 5 nitrogen and oxygen atoms in total. The number of ketones is 2. The first kappa shape index (κ1) is 11.6. The average Bonchev–Trinajstić information content (AvgIpc) is 2.80. The minimum absolute atomic E-state index is 0.138. The van der Waals surface area contributed by atoms with E-state index in [2.05, 4.69) is 4.74 Å². The molecule has 90 valence electrons. The second-order valence-corrected chi connectivity index (χ2v) is 4.01. The first-order chi connectivity index (χ1) is 8.13. The molecule has 0 spiro atoms. The molecule has 17 heavy (non-hydrogen) atoms. The molecule has 5 heteroatoms. The van der Waals surface area contributed by atoms with Crippen LogP contribution in [0.15, 0.2) is 22.8 Å². The summed E-state index contributed by atoms with van der Waals surface area (Å²) in [6.45, 7) is 0. The molecule has 0 aromatic carbocycles. The Balaban J connectivity index is 2.34. The third-order valence-corrected chi connectivity index (χ3v) is 2.93. The summed E-state index contributed by atoms with van der Waals surface area (Å²) in [7, 11) is 1.23. The third-order valence-electron chi connectivity index (χ3n) is 2.93. The number of hydrogen-bond acceptors (Lipinski definition) is 5. The molecule has 0 bridgehead atoms. The van der Waals surface area contributed by atoms with Crippen LogP contribution in [0.5, 0.6) is 0 Å². The zero-order chi connectivity index (χ0) is 12.4. The quantitative estimate of drug-likeness (QED) is 0.567. The monoisotopic (exact) mass is 236 g/mol. The van der Waals surface area contributed by atoms with Crippen molar-refractivity contribution < 1.29 is 23.5 Å². The Morgan fingerprint density at radius 2 is 2.24 bits per heavy atom. The second kappa shape index (κ2) is 4.53. The number of Topliss-reactive ketones (excluding diaryl/α,β-unsaturated/α-hetero) is 2. The highest BCUT2D eigenvalue weighted by Crippen LogP contribution is 2.35. The predicted octanol–water partition coefficient (Wildman–Crippen LogP) is 1.08. The summed E-state index contributed by atoms with van der Waals surface area (Å²) in [5.74, 6) is -2.16. The Morgan fingerprint density at radius 1 is 1.47 bits per heavy atom. The Kier molecular flexibility index (Phi) is 3.08. The normalized spacial score (nSPS) is 24.8. The topological polar surface area (TPSA) is 73.6 Å². The van der Waals surface area contributed by atoms with Gasteiger partial charge in [-0.05, 0) is 12.1 Å². The molecule has 0 radical (unpaired) electrons. The highest BCUT2D eigenvalue weighted by Gasteiger charge is 2.43. The van der Waals surface area contributed by atoms with Gasteiger partial charge in [0.15, 0.2) is 5.78 Å². The summed E-state index contributed by atoms with van der Waals surface area (Å²) < 4.78 is 9.79. The van der Waals surface area contributed by atoms with Gasteiger partial charge in [-0.25, -0.2) is 0 Å². The van der Waals surface area contributed by atoms with Gasteiger partial charge in [-0.15, -0.1) is 0 Å². The number of carbonyl (C=O) groups is 3. The molecule has 1 heterocycles. The fraction of sp³-hybridized carbons (Fsp3) is 0.417. The van der Waals surface area contributed by atoms with Gasteiger partial charge in [0, 0.05) is 12.3 Å². The summed E-state index contributed by atoms with van der Waals surface area (Å²) in [5.41, 5.74) is 0. The van der Waals surface area contributed by atoms with Gasteiger partial charge in [0.05, 0.1) is 19.8 Å². The van der Waals surface area contributed by atoms with Gasteiger partial charge in [0.2, 0.25) is 0 Å². The number of hydrogen-bond donors (Lipinski definition) is 0. The zero-order valence-electron chi connectivity index (χ0n) is 9.34. The molecule has 1 fully saturated rings. The van der Waals surface area contributed by atoms with E-state index in [1.807, 2.05) is 0 Å². The standard InChI is InChI=1S/C12H12O5/c1-16-12(15)11-8(10-3-2-4-17-10)5-7(13)6-9(11)14/h2-4,8,11H,5-6H2,1H3/t8-,11+/m0/s1. The molecule has 0 aliphatic heterocycles. The van der Waals surface area contributed by atoms with Crippen molar-refractivity contribution in [2.24, 2.45) is 5.92 Å². The number of methoxy groups -OCH3 is 1. The molecule has 1 aliphatic rings. The molecule has 0 N–H and O–H groups in total. The van der Waals surface area contributed by atoms with E-state index in [1.165, 1.54) is 13.4 Å². The van der Waals surface area contributed by atoms with Gasteiger partial charge in [0.25, 0.3) is 0 Å². The zero-order valence-corrected chi connectivity index (χ0v) is 9.34. The molecule has 2 rings (SSSR count). The number of carbonyl (C=O) groups excluding carboxylic acids is 3. The summed E-state index contributed by atoms with van der Waals surface area (Å²) >= 11 is 0. The van der Waals surface area contributed by atoms with Gasteiger partial charge in [-0.3, -0.25) is 14.4 Å². The lowest BCUT2D eigenvalue weighted by Crippen LogP contribution is -2.37. The van der Waals surface area contributed by atoms with Crippen LogP contribution < -0.4 is 0 Å². The van der Waals surface area contributed by atoms with Gasteiger partial charge in [-0.2, -0.15) is 0 Å². The van der Waals surface area contributed by atoms with Gasteiger partial charge >= 0.3 is 5.97 Å². The summed E-state index contributed by atoms with van der Waals surface area (Å²) in [4.78, 5) is 34.8. The molecule has 0 unspecified atom stereocenters. The number of ether oxygens (including phenoxy) is 1. The van der Waals surface area contributed by atoms with E-state index in [1.54, 1.807) is 12.1 Å². The van der Waals surface area contributed by atoms with Crippen LogP contribution >= 0.6 is 0 Å². The van der Waals surface area contributed by atoms with Crippen LogP contribution in [-0.4, -0.2) is 24.6 Å². The summed E-state index contributed by atoms with van der Waals surface area (Å²) in [5, 5.41) is 0. The minimum atomic E-state index is -0.927. The van der Waals surface area contributed by atoms with Crippen LogP contribution in [0.1, 0.15) is 24.5 Å². The van der Waals surface area contributed by atoms with Crippen LogP contribution in [0.2, 0.25) is 0 Å². The fourth-order valence-corrected chi connectivity index (χ4v) is 2.15. The Hall–Kier alpha value is -1.91. The van der Waals surface area contributed by atoms with Crippen LogP contribution in [0.4, 0.5) is 0 Å². The first-order valence-electron chi connectivity index (χ1n) is 5.29. The Bertz CT molecular complexity index is 445. The van der Waals surface area contributed by atoms with Crippen LogP contribution in [0.3, 0.4) is 0 Å². The highest BCUT2D eigenvalue weighted by molar-refractivity contribution is 6.11. The molecule has 1 aliphatic carbocycles. The lowest BCUT2D eigenvalue weighted by Gasteiger charge is -2.25. The van der Waals surface area contributed by atoms with E-state index in [9.17, 15) is 14.4 Å². The van der Waals surface area contributed by atoms with E-state index >= 15 is 0 Å². The Morgan fingerprint density at radius 3 is 2.82 bits per heavy atom. The molecular weight excluding hydrogens is 224 g/mol. The smallest absolute Gasteiger partial charge is 0.316 e. The molecule has 1 saturated carbocycles. The lowest BCUT2D eigenvalue weighted by molar-refractivity contribution is -0.152. The van der Waals surface area contributed by atoms with Crippen molar-refractivity contribution in [1.29, 1.82) is 0 Å². The van der Waals surface area contributed by atoms with Crippen molar-refractivity contribution in [3.63, 3.8) is 0 Å². The highest BCUT2D eigenvalue weighted by atomic mass is 16.5. The SMILES string of the molecule is COC(=O)[C@H]1C(=O)CC(=O)C[C@H]1c1ccco1. The molecule has 2 atom stereocenters. The van der Waals surface area contributed by atoms with E-state index in [4.69, 9.17) is 4.42 Å². The van der Waals surface area contributed by atoms with Gasteiger partial charge in [0.1, 0.15) is 17.5 Å². The second-order valence-electron chi connectivity index (χ2n) is 4.01. The van der Waals surface area contributed by atoms with Crippen molar-refractivity contribution in [3.05, 3.63) is 24.2 Å². The molecular formula is C12H12O5. The number of furan rings is 1. The van der Waals surface area contributed by atoms with Crippen molar-refractivity contribution in [3.8, 4) is 0 Å². The minimum Gasteiger partial charge on any atom is -0.469 e. The van der Waals surface area contributed by atoms with Gasteiger partial charge in [-0.1, -0.05) is 0 Å². The molecule has 1 aromatic heterocycles. The van der Waals surface area contributed by atoms with Gasteiger partial charge < -0.3 is 9.15 Å². The maximum Gasteiger partial charge on any atom is 0.316 e. The number of rotatable bonds is 2. The third kappa shape index (κ3) is 2.13. The lowest BCUT2D eigenvalue weighted by atomic mass is 9.76. The predicted molar refractivity (Wildman–Crippen MR) is 56.2 cm³/mol. The Labute approximate surface area is 97.7 Å². The first-order valence-corrected chi connectivity index (χ1v) is 5.29. The van der Waals surface area contributed by atoms with Crippen molar-refractivity contribution in [2.75, 3.05) is 7.11 Å². The largest absolute Gasteiger partial charge is 0.469 e. The molecule has 0 saturated heterocycles. The van der Waals surface area contributed by atoms with Crippen LogP contribution in [0.25, 0.3) is 0 Å². The van der Waals surface area contributed by atoms with E-state index in [0.29, 0.717) is 5.76 Å². The van der Waals surface area contributed by atoms with Crippen LogP contribution in [-0.2, 0) is 19.1 Å². The maximum absolute atomic E-state index is 11.7. The van der Waals surface area contributed by atoms with Crippen molar-refractivity contribution >= 4 is 17.5 Å². The molecule has 0 amide bonds. The van der Waals surface area contributed by atoms with E-state index < -0.39 is 23.6 Å². The average molecular weight is 236 g/mol. The fourth-order valence-electron chi connectivity index (χ4n) is 2.15. The van der Waals surface area contributed by atoms with Crippen molar-refractivity contribution in [1.82, 2.24) is 0 Å². The number of esters is 1. The van der Waals surface area contributed by atoms with E-state index in [-0.39, 0.29) is 18.6 Å². The molecule has 1 aromatic rings. The maximum atomic E-state index is 11.7. The summed E-state index contributed by atoms with van der Waals surface area (Å²) in [6.07, 6.45) is 1.39. The summed E-state index contributed by atoms with van der Waals surface area (Å²) in [6, 6.07) is 3.32.